The Hall–Kier alpha value is -4.02. The third-order valence-corrected chi connectivity index (χ3v) is 8.33. The predicted molar refractivity (Wildman–Crippen MR) is 156 cm³/mol. The number of aryl methyl sites for hydroxylation is 1. The maximum absolute atomic E-state index is 12.3. The molecule has 0 spiro atoms. The number of nitriles is 1. The summed E-state index contributed by atoms with van der Waals surface area (Å²) in [6, 6.07) is 6.02. The van der Waals surface area contributed by atoms with Crippen LogP contribution in [0.3, 0.4) is 0 Å². The largest absolute Gasteiger partial charge is 0.463 e. The minimum Gasteiger partial charge on any atom is -0.463 e. The van der Waals surface area contributed by atoms with Gasteiger partial charge >= 0.3 is 23.9 Å². The van der Waals surface area contributed by atoms with E-state index in [1.807, 2.05) is 12.1 Å². The first-order chi connectivity index (χ1) is 21.1. The van der Waals surface area contributed by atoms with Gasteiger partial charge in [0.15, 0.2) is 23.7 Å². The quantitative estimate of drug-likeness (QED) is 0.307. The van der Waals surface area contributed by atoms with Crippen LogP contribution in [0.1, 0.15) is 70.2 Å². The standard InChI is InChI=1S/C31H35N3O9S/c1-17(35)39-16-25-27(40-18(2)36)28(41-19(3)37)29(42-20(4)38)31(43-25)44-30-23(15-32)26(21-11-13-33-14-12-21)22-9-7-5-6-8-10-24(22)34-30/h11-14,25,27-29,31H,5-10,16H2,1-4H3/t25-,27-,28+,29-,31+/m1/s1. The fraction of sp³-hybridized carbons (Fsp3) is 0.516. The number of hydrogen-bond donors (Lipinski definition) is 0. The lowest BCUT2D eigenvalue weighted by atomic mass is 9.89. The highest BCUT2D eigenvalue weighted by molar-refractivity contribution is 7.99. The molecule has 12 nitrogen and oxygen atoms in total. The zero-order chi connectivity index (χ0) is 31.8. The minimum atomic E-state index is -1.32. The Kier molecular flexibility index (Phi) is 11.3. The van der Waals surface area contributed by atoms with Crippen LogP contribution < -0.4 is 0 Å². The van der Waals surface area contributed by atoms with Crippen molar-refractivity contribution < 1.29 is 42.9 Å². The number of pyridine rings is 2. The molecular formula is C31H35N3O9S. The van der Waals surface area contributed by atoms with Crippen LogP contribution in [0.4, 0.5) is 0 Å². The number of thioether (sulfide) groups is 1. The Morgan fingerprint density at radius 1 is 0.886 bits per heavy atom. The van der Waals surface area contributed by atoms with Crippen LogP contribution >= 0.6 is 11.8 Å². The van der Waals surface area contributed by atoms with Gasteiger partial charge in [-0.25, -0.2) is 4.98 Å². The molecule has 13 heteroatoms. The lowest BCUT2D eigenvalue weighted by molar-refractivity contribution is -0.237. The third kappa shape index (κ3) is 8.12. The smallest absolute Gasteiger partial charge is 0.303 e. The van der Waals surface area contributed by atoms with Gasteiger partial charge in [0.25, 0.3) is 0 Å². The van der Waals surface area contributed by atoms with Gasteiger partial charge in [0, 0.05) is 51.3 Å². The van der Waals surface area contributed by atoms with Crippen LogP contribution in [0, 0.1) is 11.3 Å². The van der Waals surface area contributed by atoms with Gasteiger partial charge in [-0.15, -0.1) is 0 Å². The number of hydrogen-bond acceptors (Lipinski definition) is 13. The van der Waals surface area contributed by atoms with Crippen LogP contribution in [-0.4, -0.2) is 70.3 Å². The lowest BCUT2D eigenvalue weighted by Gasteiger charge is -2.44. The van der Waals surface area contributed by atoms with E-state index in [0.29, 0.717) is 17.0 Å². The van der Waals surface area contributed by atoms with E-state index in [1.165, 1.54) is 20.8 Å². The van der Waals surface area contributed by atoms with E-state index in [-0.39, 0.29) is 6.61 Å². The monoisotopic (exact) mass is 625 g/mol. The molecule has 0 bridgehead atoms. The van der Waals surface area contributed by atoms with E-state index in [1.54, 1.807) is 12.4 Å². The second-order valence-corrected chi connectivity index (χ2v) is 11.6. The molecule has 2 aromatic rings. The zero-order valence-electron chi connectivity index (χ0n) is 25.1. The van der Waals surface area contributed by atoms with Gasteiger partial charge in [-0.3, -0.25) is 24.2 Å². The van der Waals surface area contributed by atoms with E-state index in [0.717, 1.165) is 73.2 Å². The molecule has 1 saturated heterocycles. The lowest BCUT2D eigenvalue weighted by Crippen LogP contribution is -2.61. The van der Waals surface area contributed by atoms with E-state index < -0.39 is 53.7 Å². The summed E-state index contributed by atoms with van der Waals surface area (Å²) in [4.78, 5) is 57.4. The highest BCUT2D eigenvalue weighted by Gasteiger charge is 2.52. The number of esters is 4. The molecule has 2 aliphatic rings. The Labute approximate surface area is 259 Å². The molecule has 5 atom stereocenters. The van der Waals surface area contributed by atoms with Crippen LogP contribution in [0.2, 0.25) is 0 Å². The number of nitrogens with zero attached hydrogens (tertiary/aromatic N) is 3. The van der Waals surface area contributed by atoms with Crippen molar-refractivity contribution in [3.8, 4) is 17.2 Å². The van der Waals surface area contributed by atoms with Gasteiger partial charge in [0.2, 0.25) is 0 Å². The number of ether oxygens (including phenoxy) is 5. The first-order valence-corrected chi connectivity index (χ1v) is 15.3. The van der Waals surface area contributed by atoms with Crippen LogP contribution in [0.25, 0.3) is 11.1 Å². The van der Waals surface area contributed by atoms with Crippen LogP contribution in [0.15, 0.2) is 29.6 Å². The number of rotatable bonds is 8. The average Bonchev–Trinajstić information content (AvgIpc) is 2.95. The van der Waals surface area contributed by atoms with E-state index in [2.05, 4.69) is 11.1 Å². The number of carbonyl (C=O) groups is 4. The van der Waals surface area contributed by atoms with Gasteiger partial charge < -0.3 is 23.7 Å². The second kappa shape index (κ2) is 15.1. The molecule has 0 radical (unpaired) electrons. The van der Waals surface area contributed by atoms with Crippen molar-refractivity contribution in [1.82, 2.24) is 9.97 Å². The summed E-state index contributed by atoms with van der Waals surface area (Å²) in [6.07, 6.45) is 3.87. The normalized spacial score (nSPS) is 23.1. The Bertz CT molecular complexity index is 1430. The zero-order valence-corrected chi connectivity index (χ0v) is 25.9. The number of fused-ring (bicyclic) bond motifs is 1. The molecule has 2 aromatic heterocycles. The molecule has 1 fully saturated rings. The molecule has 1 aliphatic heterocycles. The first-order valence-electron chi connectivity index (χ1n) is 14.4. The van der Waals surface area contributed by atoms with Crippen molar-refractivity contribution in [2.45, 2.75) is 101 Å². The molecule has 0 amide bonds. The van der Waals surface area contributed by atoms with E-state index in [4.69, 9.17) is 28.7 Å². The summed E-state index contributed by atoms with van der Waals surface area (Å²) in [6.45, 7) is 4.38. The van der Waals surface area contributed by atoms with Crippen molar-refractivity contribution in [2.75, 3.05) is 6.61 Å². The first kappa shape index (κ1) is 32.9. The fourth-order valence-electron chi connectivity index (χ4n) is 5.49. The summed E-state index contributed by atoms with van der Waals surface area (Å²) < 4.78 is 28.2. The van der Waals surface area contributed by atoms with E-state index in [9.17, 15) is 24.4 Å². The predicted octanol–water partition coefficient (Wildman–Crippen LogP) is 3.85. The molecule has 234 valence electrons. The summed E-state index contributed by atoms with van der Waals surface area (Å²) >= 11 is 1.03. The topological polar surface area (TPSA) is 164 Å². The second-order valence-electron chi connectivity index (χ2n) is 10.5. The molecule has 44 heavy (non-hydrogen) atoms. The number of aromatic nitrogens is 2. The maximum atomic E-state index is 12.3. The highest BCUT2D eigenvalue weighted by Crippen LogP contribution is 2.42. The van der Waals surface area contributed by atoms with Crippen molar-refractivity contribution in [3.63, 3.8) is 0 Å². The van der Waals surface area contributed by atoms with Crippen molar-refractivity contribution >= 4 is 35.6 Å². The van der Waals surface area contributed by atoms with Crippen molar-refractivity contribution in [3.05, 3.63) is 41.3 Å². The molecule has 0 aromatic carbocycles. The van der Waals surface area contributed by atoms with Crippen LogP contribution in [0.5, 0.6) is 0 Å². The van der Waals surface area contributed by atoms with Crippen molar-refractivity contribution in [1.29, 1.82) is 5.26 Å². The van der Waals surface area contributed by atoms with Crippen molar-refractivity contribution in [2.24, 2.45) is 0 Å². The SMILES string of the molecule is CC(=O)OC[C@H]1O[C@@H](Sc2nc3c(c(-c4ccncc4)c2C#N)CCCCCC3)[C@H](OC(C)=O)[C@@H](OC(C)=O)[C@@H]1OC(C)=O. The average molecular weight is 626 g/mol. The maximum Gasteiger partial charge on any atom is 0.303 e. The molecule has 1 aliphatic carbocycles. The third-order valence-electron chi connectivity index (χ3n) is 7.20. The van der Waals surface area contributed by atoms with Crippen LogP contribution in [-0.2, 0) is 55.7 Å². The van der Waals surface area contributed by atoms with Gasteiger partial charge in [-0.1, -0.05) is 24.6 Å². The fourth-order valence-corrected chi connectivity index (χ4v) is 6.68. The summed E-state index contributed by atoms with van der Waals surface area (Å²) in [7, 11) is 0. The molecule has 0 N–H and O–H groups in total. The van der Waals surface area contributed by atoms with Gasteiger partial charge in [0.05, 0.1) is 5.56 Å². The Morgan fingerprint density at radius 3 is 2.11 bits per heavy atom. The molecule has 4 rings (SSSR count). The van der Waals surface area contributed by atoms with E-state index >= 15 is 0 Å². The Morgan fingerprint density at radius 2 is 1.50 bits per heavy atom. The van der Waals surface area contributed by atoms with Gasteiger partial charge in [-0.2, -0.15) is 5.26 Å². The molecule has 0 saturated carbocycles. The minimum absolute atomic E-state index is 0.313. The summed E-state index contributed by atoms with van der Waals surface area (Å²) in [5.74, 6) is -2.75. The highest BCUT2D eigenvalue weighted by atomic mass is 32.2. The molecule has 0 unspecified atom stereocenters. The van der Waals surface area contributed by atoms with Gasteiger partial charge in [0.1, 0.15) is 23.8 Å². The summed E-state index contributed by atoms with van der Waals surface area (Å²) in [5, 5.41) is 10.8. The Balaban J connectivity index is 1.86. The molecular weight excluding hydrogens is 590 g/mol. The summed E-state index contributed by atoms with van der Waals surface area (Å²) in [5.41, 5.74) is 2.66. The van der Waals surface area contributed by atoms with Gasteiger partial charge in [-0.05, 0) is 48.9 Å². The molecule has 3 heterocycles. The number of carbonyl (C=O) groups excluding carboxylic acids is 4.